The van der Waals surface area contributed by atoms with Crippen molar-refractivity contribution >= 4 is 11.6 Å². The SMILES string of the molecule is CC(CC(=O)N1CCCN(c2ccccc2)CC1)C1CCCNC1. The number of piperidine rings is 1. The van der Waals surface area contributed by atoms with Crippen molar-refractivity contribution in [1.29, 1.82) is 0 Å². The summed E-state index contributed by atoms with van der Waals surface area (Å²) in [6.07, 6.45) is 4.28. The maximum atomic E-state index is 12.7. The van der Waals surface area contributed by atoms with Crippen LogP contribution in [0.5, 0.6) is 0 Å². The molecule has 2 saturated heterocycles. The molecule has 0 bridgehead atoms. The molecule has 3 rings (SSSR count). The van der Waals surface area contributed by atoms with Crippen LogP contribution in [0.2, 0.25) is 0 Å². The van der Waals surface area contributed by atoms with Crippen LogP contribution in [-0.4, -0.2) is 50.1 Å². The Hall–Kier alpha value is -1.55. The maximum Gasteiger partial charge on any atom is 0.222 e. The molecule has 4 heteroatoms. The molecular weight excluding hydrogens is 298 g/mol. The number of nitrogens with zero attached hydrogens (tertiary/aromatic N) is 2. The molecule has 2 aliphatic rings. The molecule has 2 atom stereocenters. The Kier molecular flexibility index (Phi) is 6.13. The number of carbonyl (C=O) groups is 1. The minimum Gasteiger partial charge on any atom is -0.370 e. The van der Waals surface area contributed by atoms with Crippen molar-refractivity contribution in [1.82, 2.24) is 10.2 Å². The van der Waals surface area contributed by atoms with Crippen LogP contribution in [0.3, 0.4) is 0 Å². The molecule has 2 unspecified atom stereocenters. The van der Waals surface area contributed by atoms with Gasteiger partial charge in [0.1, 0.15) is 0 Å². The van der Waals surface area contributed by atoms with Crippen molar-refractivity contribution in [3.05, 3.63) is 30.3 Å². The molecule has 2 fully saturated rings. The molecule has 132 valence electrons. The maximum absolute atomic E-state index is 12.7. The first kappa shape index (κ1) is 17.3. The van der Waals surface area contributed by atoms with E-state index >= 15 is 0 Å². The Morgan fingerprint density at radius 2 is 2.00 bits per heavy atom. The van der Waals surface area contributed by atoms with E-state index in [4.69, 9.17) is 0 Å². The van der Waals surface area contributed by atoms with Crippen LogP contribution in [0.1, 0.15) is 32.6 Å². The van der Waals surface area contributed by atoms with Crippen molar-refractivity contribution in [2.24, 2.45) is 11.8 Å². The van der Waals surface area contributed by atoms with E-state index < -0.39 is 0 Å². The van der Waals surface area contributed by atoms with Gasteiger partial charge in [-0.2, -0.15) is 0 Å². The third kappa shape index (κ3) is 4.50. The Morgan fingerprint density at radius 1 is 1.17 bits per heavy atom. The summed E-state index contributed by atoms with van der Waals surface area (Å²) < 4.78 is 0. The average molecular weight is 329 g/mol. The van der Waals surface area contributed by atoms with Crippen LogP contribution in [0.4, 0.5) is 5.69 Å². The van der Waals surface area contributed by atoms with Crippen LogP contribution in [0.25, 0.3) is 0 Å². The van der Waals surface area contributed by atoms with Crippen LogP contribution >= 0.6 is 0 Å². The molecule has 0 aliphatic carbocycles. The van der Waals surface area contributed by atoms with Gasteiger partial charge in [-0.15, -0.1) is 0 Å². The standard InChI is InChI=1S/C20H31N3O/c1-17(18-7-5-10-21-16-18)15-20(24)23-12-6-11-22(13-14-23)19-8-3-2-4-9-19/h2-4,8-9,17-18,21H,5-7,10-16H2,1H3. The number of benzene rings is 1. The highest BCUT2D eigenvalue weighted by Crippen LogP contribution is 2.24. The van der Waals surface area contributed by atoms with E-state index in [1.165, 1.54) is 18.5 Å². The monoisotopic (exact) mass is 329 g/mol. The molecular formula is C20H31N3O. The Labute approximate surface area is 146 Å². The highest BCUT2D eigenvalue weighted by Gasteiger charge is 2.25. The van der Waals surface area contributed by atoms with Crippen LogP contribution in [0, 0.1) is 11.8 Å². The number of hydrogen-bond acceptors (Lipinski definition) is 3. The molecule has 0 saturated carbocycles. The van der Waals surface area contributed by atoms with Gasteiger partial charge in [0, 0.05) is 38.3 Å². The Bertz CT molecular complexity index is 513. The number of anilines is 1. The summed E-state index contributed by atoms with van der Waals surface area (Å²) in [6.45, 7) is 8.20. The zero-order chi connectivity index (χ0) is 16.8. The van der Waals surface area contributed by atoms with Gasteiger partial charge in [-0.05, 0) is 56.3 Å². The lowest BCUT2D eigenvalue weighted by Crippen LogP contribution is -2.38. The van der Waals surface area contributed by atoms with Gasteiger partial charge in [0.2, 0.25) is 5.91 Å². The van der Waals surface area contributed by atoms with E-state index in [-0.39, 0.29) is 0 Å². The summed E-state index contributed by atoms with van der Waals surface area (Å²) in [7, 11) is 0. The fourth-order valence-corrected chi connectivity index (χ4v) is 4.00. The molecule has 1 aromatic carbocycles. The topological polar surface area (TPSA) is 35.6 Å². The van der Waals surface area contributed by atoms with Gasteiger partial charge in [0.05, 0.1) is 0 Å². The van der Waals surface area contributed by atoms with E-state index in [0.29, 0.717) is 24.2 Å². The number of nitrogens with one attached hydrogen (secondary N) is 1. The third-order valence-corrected chi connectivity index (χ3v) is 5.61. The lowest BCUT2D eigenvalue weighted by atomic mass is 9.85. The molecule has 4 nitrogen and oxygen atoms in total. The fourth-order valence-electron chi connectivity index (χ4n) is 4.00. The smallest absolute Gasteiger partial charge is 0.222 e. The van der Waals surface area contributed by atoms with Crippen molar-refractivity contribution in [2.75, 3.05) is 44.2 Å². The van der Waals surface area contributed by atoms with Crippen molar-refractivity contribution in [2.45, 2.75) is 32.6 Å². The first-order chi connectivity index (χ1) is 11.7. The highest BCUT2D eigenvalue weighted by molar-refractivity contribution is 5.76. The second-order valence-electron chi connectivity index (χ2n) is 7.34. The lowest BCUT2D eigenvalue weighted by Gasteiger charge is -2.30. The van der Waals surface area contributed by atoms with Crippen LogP contribution in [0.15, 0.2) is 30.3 Å². The molecule has 2 heterocycles. The van der Waals surface area contributed by atoms with E-state index in [9.17, 15) is 4.79 Å². The number of rotatable bonds is 4. The highest BCUT2D eigenvalue weighted by atomic mass is 16.2. The van der Waals surface area contributed by atoms with Gasteiger partial charge < -0.3 is 15.1 Å². The largest absolute Gasteiger partial charge is 0.370 e. The predicted octanol–water partition coefficient (Wildman–Crippen LogP) is 2.75. The number of amides is 1. The lowest BCUT2D eigenvalue weighted by molar-refractivity contribution is -0.132. The minimum atomic E-state index is 0.350. The van der Waals surface area contributed by atoms with Crippen molar-refractivity contribution in [3.63, 3.8) is 0 Å². The van der Waals surface area contributed by atoms with Gasteiger partial charge in [-0.1, -0.05) is 25.1 Å². The molecule has 1 amide bonds. The predicted molar refractivity (Wildman–Crippen MR) is 99.2 cm³/mol. The Balaban J connectivity index is 1.50. The zero-order valence-electron chi connectivity index (χ0n) is 14.9. The summed E-state index contributed by atoms with van der Waals surface area (Å²) in [5.41, 5.74) is 1.27. The summed E-state index contributed by atoms with van der Waals surface area (Å²) >= 11 is 0. The van der Waals surface area contributed by atoms with Crippen LogP contribution in [-0.2, 0) is 4.79 Å². The van der Waals surface area contributed by atoms with Crippen molar-refractivity contribution < 1.29 is 4.79 Å². The molecule has 1 aromatic rings. The number of para-hydroxylation sites is 1. The molecule has 1 N–H and O–H groups in total. The van der Waals surface area contributed by atoms with Gasteiger partial charge in [0.15, 0.2) is 0 Å². The third-order valence-electron chi connectivity index (χ3n) is 5.61. The van der Waals surface area contributed by atoms with Gasteiger partial charge in [0.25, 0.3) is 0 Å². The summed E-state index contributed by atoms with van der Waals surface area (Å²) in [6, 6.07) is 10.6. The zero-order valence-corrected chi connectivity index (χ0v) is 14.9. The van der Waals surface area contributed by atoms with E-state index in [2.05, 4.69) is 52.4 Å². The molecule has 0 aromatic heterocycles. The fraction of sp³-hybridized carbons (Fsp3) is 0.650. The summed E-state index contributed by atoms with van der Waals surface area (Å²) in [4.78, 5) is 17.2. The second kappa shape index (κ2) is 8.52. The average Bonchev–Trinajstić information content (AvgIpc) is 2.89. The number of hydrogen-bond donors (Lipinski definition) is 1. The van der Waals surface area contributed by atoms with E-state index in [1.54, 1.807) is 0 Å². The quantitative estimate of drug-likeness (QED) is 0.922. The first-order valence-corrected chi connectivity index (χ1v) is 9.52. The van der Waals surface area contributed by atoms with Crippen LogP contribution < -0.4 is 10.2 Å². The second-order valence-corrected chi connectivity index (χ2v) is 7.34. The van der Waals surface area contributed by atoms with Gasteiger partial charge >= 0.3 is 0 Å². The first-order valence-electron chi connectivity index (χ1n) is 9.52. The molecule has 24 heavy (non-hydrogen) atoms. The van der Waals surface area contributed by atoms with Gasteiger partial charge in [-0.3, -0.25) is 4.79 Å². The summed E-state index contributed by atoms with van der Waals surface area (Å²) in [5.74, 6) is 1.50. The van der Waals surface area contributed by atoms with Crippen molar-refractivity contribution in [3.8, 4) is 0 Å². The molecule has 0 radical (unpaired) electrons. The number of carbonyl (C=O) groups excluding carboxylic acids is 1. The van der Waals surface area contributed by atoms with E-state index in [1.807, 2.05) is 0 Å². The van der Waals surface area contributed by atoms with E-state index in [0.717, 1.165) is 45.7 Å². The van der Waals surface area contributed by atoms with Gasteiger partial charge in [-0.25, -0.2) is 0 Å². The minimum absolute atomic E-state index is 0.350. The summed E-state index contributed by atoms with van der Waals surface area (Å²) in [5, 5.41) is 3.47. The molecule has 2 aliphatic heterocycles. The molecule has 0 spiro atoms. The normalized spacial score (nSPS) is 23.6. The Morgan fingerprint density at radius 3 is 2.75 bits per heavy atom.